The van der Waals surface area contributed by atoms with Gasteiger partial charge in [-0.1, -0.05) is 18.2 Å². The first-order valence-corrected chi connectivity index (χ1v) is 5.11. The van der Waals surface area contributed by atoms with E-state index < -0.39 is 0 Å². The van der Waals surface area contributed by atoms with Gasteiger partial charge in [-0.2, -0.15) is 0 Å². The molecule has 0 fully saturated rings. The number of Topliss-reactive ketones (excluding diaryl/α,β-unsaturated/α-hetero) is 2. The molecule has 1 rings (SSSR count). The molecule has 0 amide bonds. The molecule has 0 heterocycles. The van der Waals surface area contributed by atoms with E-state index in [4.69, 9.17) is 0 Å². The number of carbonyl (C=O) groups excluding carboxylic acids is 2. The van der Waals surface area contributed by atoms with E-state index in [1.165, 1.54) is 6.92 Å². The van der Waals surface area contributed by atoms with E-state index in [0.717, 1.165) is 16.7 Å². The van der Waals surface area contributed by atoms with E-state index in [2.05, 4.69) is 0 Å². The highest BCUT2D eigenvalue weighted by atomic mass is 16.1. The van der Waals surface area contributed by atoms with Gasteiger partial charge in [-0.05, 0) is 31.9 Å². The minimum absolute atomic E-state index is 0.0644. The highest BCUT2D eigenvalue weighted by Crippen LogP contribution is 2.16. The van der Waals surface area contributed by atoms with Gasteiger partial charge in [0.05, 0.1) is 0 Å². The monoisotopic (exact) mass is 204 g/mol. The Morgan fingerprint density at radius 1 is 1.07 bits per heavy atom. The first-order chi connectivity index (χ1) is 7.02. The molecule has 1 aromatic rings. The molecule has 0 N–H and O–H groups in total. The van der Waals surface area contributed by atoms with E-state index in [0.29, 0.717) is 12.8 Å². The lowest BCUT2D eigenvalue weighted by atomic mass is 9.96. The number of hydrogen-bond acceptors (Lipinski definition) is 2. The van der Waals surface area contributed by atoms with Gasteiger partial charge in [-0.3, -0.25) is 4.79 Å². The molecule has 0 saturated heterocycles. The van der Waals surface area contributed by atoms with Crippen molar-refractivity contribution in [3.8, 4) is 0 Å². The van der Waals surface area contributed by atoms with Crippen LogP contribution in [0.15, 0.2) is 18.2 Å². The van der Waals surface area contributed by atoms with Crippen molar-refractivity contribution in [3.63, 3.8) is 0 Å². The fraction of sp³-hybridized carbons (Fsp3) is 0.385. The van der Waals surface area contributed by atoms with Gasteiger partial charge in [0, 0.05) is 18.4 Å². The zero-order valence-electron chi connectivity index (χ0n) is 9.46. The molecule has 2 heteroatoms. The van der Waals surface area contributed by atoms with Crippen LogP contribution in [0.1, 0.15) is 41.3 Å². The Kier molecular flexibility index (Phi) is 3.78. The topological polar surface area (TPSA) is 34.1 Å². The minimum Gasteiger partial charge on any atom is -0.300 e. The van der Waals surface area contributed by atoms with Gasteiger partial charge in [0.25, 0.3) is 0 Å². The Morgan fingerprint density at radius 2 is 1.60 bits per heavy atom. The average Bonchev–Trinajstić information content (AvgIpc) is 2.14. The predicted molar refractivity (Wildman–Crippen MR) is 60.2 cm³/mol. The summed E-state index contributed by atoms with van der Waals surface area (Å²) in [4.78, 5) is 22.6. The molecule has 15 heavy (non-hydrogen) atoms. The molecule has 0 saturated carbocycles. The summed E-state index contributed by atoms with van der Waals surface area (Å²) in [6, 6.07) is 5.79. The van der Waals surface area contributed by atoms with Crippen molar-refractivity contribution in [1.82, 2.24) is 0 Å². The lowest BCUT2D eigenvalue weighted by molar-refractivity contribution is -0.116. The molecule has 0 aliphatic carbocycles. The number of hydrogen-bond donors (Lipinski definition) is 0. The predicted octanol–water partition coefficient (Wildman–Crippen LogP) is 2.86. The molecule has 0 bridgehead atoms. The number of benzene rings is 1. The van der Waals surface area contributed by atoms with Gasteiger partial charge >= 0.3 is 0 Å². The second-order valence-electron chi connectivity index (χ2n) is 3.89. The summed E-state index contributed by atoms with van der Waals surface area (Å²) >= 11 is 0. The Balaban J connectivity index is 2.86. The Hall–Kier alpha value is -1.44. The Morgan fingerprint density at radius 3 is 2.07 bits per heavy atom. The lowest BCUT2D eigenvalue weighted by Crippen LogP contribution is -2.06. The number of ketones is 2. The molecule has 2 nitrogen and oxygen atoms in total. The van der Waals surface area contributed by atoms with Crippen molar-refractivity contribution in [2.45, 2.75) is 33.6 Å². The van der Waals surface area contributed by atoms with E-state index in [1.54, 1.807) is 0 Å². The van der Waals surface area contributed by atoms with Crippen LogP contribution in [0.5, 0.6) is 0 Å². The van der Waals surface area contributed by atoms with Crippen LogP contribution in [0.25, 0.3) is 0 Å². The van der Waals surface area contributed by atoms with Crippen molar-refractivity contribution in [2.24, 2.45) is 0 Å². The summed E-state index contributed by atoms with van der Waals surface area (Å²) in [6.45, 7) is 5.36. The third-order valence-electron chi connectivity index (χ3n) is 2.46. The van der Waals surface area contributed by atoms with Crippen molar-refractivity contribution in [3.05, 3.63) is 34.9 Å². The molecule has 0 aliphatic rings. The standard InChI is InChI=1S/C13H16O2/c1-9-5-4-6-10(2)13(9)12(15)8-7-11(3)14/h4-6H,7-8H2,1-3H3. The molecular formula is C13H16O2. The average molecular weight is 204 g/mol. The fourth-order valence-corrected chi connectivity index (χ4v) is 1.67. The molecule has 1 aromatic carbocycles. The van der Waals surface area contributed by atoms with Crippen LogP contribution in [0.2, 0.25) is 0 Å². The molecule has 0 spiro atoms. The van der Waals surface area contributed by atoms with E-state index in [-0.39, 0.29) is 11.6 Å². The van der Waals surface area contributed by atoms with Crippen LogP contribution in [-0.2, 0) is 4.79 Å². The van der Waals surface area contributed by atoms with E-state index >= 15 is 0 Å². The summed E-state index contributed by atoms with van der Waals surface area (Å²) in [5, 5.41) is 0. The van der Waals surface area contributed by atoms with Gasteiger partial charge in [0.2, 0.25) is 0 Å². The van der Waals surface area contributed by atoms with Gasteiger partial charge in [-0.25, -0.2) is 0 Å². The van der Waals surface area contributed by atoms with Crippen LogP contribution < -0.4 is 0 Å². The normalized spacial score (nSPS) is 10.1. The zero-order valence-corrected chi connectivity index (χ0v) is 9.46. The molecule has 0 unspecified atom stereocenters. The van der Waals surface area contributed by atoms with Crippen LogP contribution in [0.3, 0.4) is 0 Å². The highest BCUT2D eigenvalue weighted by molar-refractivity contribution is 6.00. The maximum Gasteiger partial charge on any atom is 0.163 e. The highest BCUT2D eigenvalue weighted by Gasteiger charge is 2.11. The number of rotatable bonds is 4. The van der Waals surface area contributed by atoms with Gasteiger partial charge in [0.15, 0.2) is 5.78 Å². The quantitative estimate of drug-likeness (QED) is 0.707. The Labute approximate surface area is 90.3 Å². The minimum atomic E-state index is 0.0644. The largest absolute Gasteiger partial charge is 0.300 e. The van der Waals surface area contributed by atoms with E-state index in [1.807, 2.05) is 32.0 Å². The first-order valence-electron chi connectivity index (χ1n) is 5.11. The zero-order chi connectivity index (χ0) is 11.4. The molecule has 0 radical (unpaired) electrons. The summed E-state index contributed by atoms with van der Waals surface area (Å²) in [7, 11) is 0. The number of carbonyl (C=O) groups is 2. The summed E-state index contributed by atoms with van der Waals surface area (Å²) in [5.41, 5.74) is 2.76. The second-order valence-corrected chi connectivity index (χ2v) is 3.89. The number of aryl methyl sites for hydroxylation is 2. The van der Waals surface area contributed by atoms with Gasteiger partial charge < -0.3 is 4.79 Å². The van der Waals surface area contributed by atoms with Crippen molar-refractivity contribution >= 4 is 11.6 Å². The molecule has 80 valence electrons. The summed E-state index contributed by atoms with van der Waals surface area (Å²) < 4.78 is 0. The van der Waals surface area contributed by atoms with Crippen LogP contribution >= 0.6 is 0 Å². The van der Waals surface area contributed by atoms with E-state index in [9.17, 15) is 9.59 Å². The van der Waals surface area contributed by atoms with Crippen LogP contribution in [0.4, 0.5) is 0 Å². The third-order valence-corrected chi connectivity index (χ3v) is 2.46. The Bertz CT molecular complexity index is 371. The van der Waals surface area contributed by atoms with Crippen LogP contribution in [0, 0.1) is 13.8 Å². The smallest absolute Gasteiger partial charge is 0.163 e. The van der Waals surface area contributed by atoms with Crippen molar-refractivity contribution < 1.29 is 9.59 Å². The summed E-state index contributed by atoms with van der Waals surface area (Å²) in [5.74, 6) is 0.135. The maximum atomic E-state index is 11.8. The van der Waals surface area contributed by atoms with Crippen molar-refractivity contribution in [1.29, 1.82) is 0 Å². The maximum absolute atomic E-state index is 11.8. The molecule has 0 aromatic heterocycles. The third kappa shape index (κ3) is 3.01. The molecule has 0 atom stereocenters. The van der Waals surface area contributed by atoms with Gasteiger partial charge in [0.1, 0.15) is 5.78 Å². The molecular weight excluding hydrogens is 188 g/mol. The first kappa shape index (κ1) is 11.6. The summed E-state index contributed by atoms with van der Waals surface area (Å²) in [6.07, 6.45) is 0.660. The fourth-order valence-electron chi connectivity index (χ4n) is 1.67. The van der Waals surface area contributed by atoms with Crippen molar-refractivity contribution in [2.75, 3.05) is 0 Å². The SMILES string of the molecule is CC(=O)CCC(=O)c1c(C)cccc1C. The van der Waals surface area contributed by atoms with Gasteiger partial charge in [-0.15, -0.1) is 0 Å². The second kappa shape index (κ2) is 4.87. The lowest BCUT2D eigenvalue weighted by Gasteiger charge is -2.07. The molecule has 0 aliphatic heterocycles. The van der Waals surface area contributed by atoms with Crippen LogP contribution in [-0.4, -0.2) is 11.6 Å².